The van der Waals surface area contributed by atoms with Crippen LogP contribution in [0, 0.1) is 5.92 Å². The second kappa shape index (κ2) is 7.19. The molecule has 9 heteroatoms. The number of nitrogens with zero attached hydrogens (tertiary/aromatic N) is 1. The molecule has 0 spiro atoms. The van der Waals surface area contributed by atoms with Gasteiger partial charge >= 0.3 is 0 Å². The van der Waals surface area contributed by atoms with Gasteiger partial charge in [0.15, 0.2) is 0 Å². The zero-order valence-corrected chi connectivity index (χ0v) is 14.9. The first-order valence-electron chi connectivity index (χ1n) is 6.60. The molecule has 2 N–H and O–H groups in total. The Bertz CT molecular complexity index is 603. The Hall–Kier alpha value is -0.480. The third-order valence-corrected chi connectivity index (χ3v) is 6.87. The van der Waals surface area contributed by atoms with Crippen LogP contribution in [0.15, 0.2) is 20.1 Å². The second-order valence-electron chi connectivity index (χ2n) is 4.94. The average Bonchev–Trinajstić information content (AvgIpc) is 3.06. The van der Waals surface area contributed by atoms with Gasteiger partial charge in [-0.3, -0.25) is 4.79 Å². The normalized spacial score (nSPS) is 19.1. The molecule has 1 unspecified atom stereocenters. The number of nitrogens with one attached hydrogen (secondary N) is 2. The van der Waals surface area contributed by atoms with Gasteiger partial charge < -0.3 is 10.2 Å². The van der Waals surface area contributed by atoms with E-state index in [1.54, 1.807) is 11.0 Å². The van der Waals surface area contributed by atoms with Crippen LogP contribution in [0.5, 0.6) is 0 Å². The van der Waals surface area contributed by atoms with Crippen molar-refractivity contribution in [1.82, 2.24) is 14.9 Å². The van der Waals surface area contributed by atoms with Crippen molar-refractivity contribution in [2.45, 2.75) is 10.6 Å². The smallest absolute Gasteiger partial charge is 0.250 e. The molecule has 0 aromatic carbocycles. The van der Waals surface area contributed by atoms with E-state index in [1.807, 2.05) is 7.05 Å². The van der Waals surface area contributed by atoms with Crippen LogP contribution in [-0.2, 0) is 14.8 Å². The van der Waals surface area contributed by atoms with Crippen LogP contribution in [0.2, 0.25) is 0 Å². The molecule has 1 aromatic rings. The number of halogens is 1. The summed E-state index contributed by atoms with van der Waals surface area (Å²) in [7, 11) is -1.72. The standard InChI is InChI=1S/C12H18BrN3O3S2/c1-14-6-9-4-5-16(8-9)11(17)7-15-21(18,19)12-3-2-10(13)20-12/h2-3,9,14-15H,4-8H2,1H3. The molecule has 1 fully saturated rings. The van der Waals surface area contributed by atoms with Crippen LogP contribution < -0.4 is 10.0 Å². The highest BCUT2D eigenvalue weighted by Gasteiger charge is 2.26. The number of hydrogen-bond acceptors (Lipinski definition) is 5. The predicted octanol–water partition coefficient (Wildman–Crippen LogP) is 0.857. The van der Waals surface area contributed by atoms with Gasteiger partial charge in [0.1, 0.15) is 4.21 Å². The summed E-state index contributed by atoms with van der Waals surface area (Å²) in [5.41, 5.74) is 0. The van der Waals surface area contributed by atoms with Crippen molar-refractivity contribution in [2.24, 2.45) is 5.92 Å². The Labute approximate surface area is 137 Å². The Morgan fingerprint density at radius 3 is 2.90 bits per heavy atom. The summed E-state index contributed by atoms with van der Waals surface area (Å²) in [6, 6.07) is 3.18. The number of amides is 1. The molecule has 1 aliphatic rings. The number of carbonyl (C=O) groups excluding carboxylic acids is 1. The van der Waals surface area contributed by atoms with E-state index in [0.717, 1.165) is 28.1 Å². The van der Waals surface area contributed by atoms with Crippen LogP contribution >= 0.6 is 27.3 Å². The lowest BCUT2D eigenvalue weighted by atomic mass is 10.1. The molecule has 2 heterocycles. The molecule has 0 saturated carbocycles. The molecule has 0 aliphatic carbocycles. The number of carbonyl (C=O) groups is 1. The maximum atomic E-state index is 12.1. The van der Waals surface area contributed by atoms with Crippen LogP contribution in [0.1, 0.15) is 6.42 Å². The van der Waals surface area contributed by atoms with Crippen molar-refractivity contribution in [3.8, 4) is 0 Å². The molecule has 118 valence electrons. The van der Waals surface area contributed by atoms with E-state index >= 15 is 0 Å². The molecule has 6 nitrogen and oxygen atoms in total. The molecule has 0 bridgehead atoms. The van der Waals surface area contributed by atoms with E-state index < -0.39 is 10.0 Å². The summed E-state index contributed by atoms with van der Waals surface area (Å²) in [6.45, 7) is 2.06. The van der Waals surface area contributed by atoms with Gasteiger partial charge in [-0.2, -0.15) is 0 Å². The van der Waals surface area contributed by atoms with Crippen molar-refractivity contribution in [3.63, 3.8) is 0 Å². The summed E-state index contributed by atoms with van der Waals surface area (Å²) < 4.78 is 27.4. The van der Waals surface area contributed by atoms with Gasteiger partial charge in [0.05, 0.1) is 10.3 Å². The predicted molar refractivity (Wildman–Crippen MR) is 85.8 cm³/mol. The van der Waals surface area contributed by atoms with E-state index in [4.69, 9.17) is 0 Å². The lowest BCUT2D eigenvalue weighted by Gasteiger charge is -2.16. The first kappa shape index (κ1) is 16.9. The molecule has 1 aliphatic heterocycles. The van der Waals surface area contributed by atoms with E-state index in [9.17, 15) is 13.2 Å². The maximum Gasteiger partial charge on any atom is 0.250 e. The minimum Gasteiger partial charge on any atom is -0.341 e. The molecule has 1 amide bonds. The summed E-state index contributed by atoms with van der Waals surface area (Å²) in [4.78, 5) is 13.8. The highest BCUT2D eigenvalue weighted by Crippen LogP contribution is 2.25. The van der Waals surface area contributed by atoms with Gasteiger partial charge in [0.25, 0.3) is 10.0 Å². The van der Waals surface area contributed by atoms with Crippen molar-refractivity contribution < 1.29 is 13.2 Å². The molecule has 1 saturated heterocycles. The Balaban J connectivity index is 1.87. The number of thiophene rings is 1. The van der Waals surface area contributed by atoms with Crippen LogP contribution in [0.4, 0.5) is 0 Å². The molecule has 2 rings (SSSR count). The monoisotopic (exact) mass is 395 g/mol. The van der Waals surface area contributed by atoms with Gasteiger partial charge in [-0.1, -0.05) is 0 Å². The Morgan fingerprint density at radius 2 is 2.29 bits per heavy atom. The first-order valence-corrected chi connectivity index (χ1v) is 9.69. The van der Waals surface area contributed by atoms with Gasteiger partial charge in [-0.25, -0.2) is 13.1 Å². The molecule has 1 atom stereocenters. The minimum atomic E-state index is -3.61. The van der Waals surface area contributed by atoms with Crippen molar-refractivity contribution >= 4 is 43.2 Å². The van der Waals surface area contributed by atoms with E-state index in [1.165, 1.54) is 6.07 Å². The maximum absolute atomic E-state index is 12.1. The van der Waals surface area contributed by atoms with Crippen LogP contribution in [0.3, 0.4) is 0 Å². The number of likely N-dealkylation sites (tertiary alicyclic amines) is 1. The SMILES string of the molecule is CNCC1CCN(C(=O)CNS(=O)(=O)c2ccc(Br)s2)C1. The lowest BCUT2D eigenvalue weighted by Crippen LogP contribution is -2.39. The highest BCUT2D eigenvalue weighted by molar-refractivity contribution is 9.11. The van der Waals surface area contributed by atoms with Crippen LogP contribution in [0.25, 0.3) is 0 Å². The third kappa shape index (κ3) is 4.49. The molecular formula is C12H18BrN3O3S2. The average molecular weight is 396 g/mol. The van der Waals surface area contributed by atoms with Crippen molar-refractivity contribution in [2.75, 3.05) is 33.2 Å². The molecule has 1 aromatic heterocycles. The van der Waals surface area contributed by atoms with Gasteiger partial charge in [-0.15, -0.1) is 11.3 Å². The summed E-state index contributed by atoms with van der Waals surface area (Å²) >= 11 is 4.34. The zero-order chi connectivity index (χ0) is 15.5. The molecular weight excluding hydrogens is 378 g/mol. The van der Waals surface area contributed by atoms with E-state index in [0.29, 0.717) is 19.0 Å². The summed E-state index contributed by atoms with van der Waals surface area (Å²) in [5.74, 6) is 0.275. The quantitative estimate of drug-likeness (QED) is 0.748. The number of rotatable bonds is 6. The Kier molecular flexibility index (Phi) is 5.78. The second-order valence-corrected chi connectivity index (χ2v) is 9.39. The van der Waals surface area contributed by atoms with Gasteiger partial charge in [-0.05, 0) is 54.0 Å². The fraction of sp³-hybridized carbons (Fsp3) is 0.583. The fourth-order valence-electron chi connectivity index (χ4n) is 2.30. The first-order chi connectivity index (χ1) is 9.92. The van der Waals surface area contributed by atoms with E-state index in [-0.39, 0.29) is 16.7 Å². The van der Waals surface area contributed by atoms with E-state index in [2.05, 4.69) is 26.0 Å². The summed E-state index contributed by atoms with van der Waals surface area (Å²) in [6.07, 6.45) is 0.956. The van der Waals surface area contributed by atoms with Gasteiger partial charge in [0, 0.05) is 13.1 Å². The Morgan fingerprint density at radius 1 is 1.52 bits per heavy atom. The van der Waals surface area contributed by atoms with Crippen molar-refractivity contribution in [1.29, 1.82) is 0 Å². The van der Waals surface area contributed by atoms with Crippen molar-refractivity contribution in [3.05, 3.63) is 15.9 Å². The summed E-state index contributed by atoms with van der Waals surface area (Å²) in [5, 5.41) is 3.10. The number of hydrogen-bond donors (Lipinski definition) is 2. The third-order valence-electron chi connectivity index (χ3n) is 3.36. The highest BCUT2D eigenvalue weighted by atomic mass is 79.9. The van der Waals surface area contributed by atoms with Gasteiger partial charge in [0.2, 0.25) is 5.91 Å². The van der Waals surface area contributed by atoms with Crippen LogP contribution in [-0.4, -0.2) is 52.5 Å². The minimum absolute atomic E-state index is 0.173. The largest absolute Gasteiger partial charge is 0.341 e. The molecule has 0 radical (unpaired) electrons. The number of sulfonamides is 1. The lowest BCUT2D eigenvalue weighted by molar-refractivity contribution is -0.129. The zero-order valence-electron chi connectivity index (χ0n) is 11.6. The fourth-order valence-corrected chi connectivity index (χ4v) is 5.33. The topological polar surface area (TPSA) is 78.5 Å². The molecule has 21 heavy (non-hydrogen) atoms.